The van der Waals surface area contributed by atoms with Crippen molar-refractivity contribution >= 4 is 33.5 Å². The Morgan fingerprint density at radius 3 is 2.42 bits per heavy atom. The number of benzene rings is 3. The number of nitro groups is 1. The molecule has 0 heterocycles. The summed E-state index contributed by atoms with van der Waals surface area (Å²) < 4.78 is 43.5. The summed E-state index contributed by atoms with van der Waals surface area (Å²) in [6.45, 7) is -0.821. The van der Waals surface area contributed by atoms with Gasteiger partial charge in [0.25, 0.3) is 21.6 Å². The normalized spacial score (nSPS) is 11.1. The van der Waals surface area contributed by atoms with E-state index in [4.69, 9.17) is 14.2 Å². The standard InChI is InChI=1S/C24H24N4O9S/c1-35-17-11-12-18(21(13-17)37-3)27(38(33,34)22-10-5-4-8-19(22)28(31)32)15-23(29)26-25-14-16-7-6-9-20(36-2)24(16)30/h4-14,30H,15H2,1-3H3,(H,26,29). The number of hydrazone groups is 1. The van der Waals surface area contributed by atoms with Crippen LogP contribution in [0.3, 0.4) is 0 Å². The van der Waals surface area contributed by atoms with Crippen molar-refractivity contribution in [2.45, 2.75) is 4.90 Å². The van der Waals surface area contributed by atoms with Crippen LogP contribution in [0.1, 0.15) is 5.56 Å². The smallest absolute Gasteiger partial charge is 0.289 e. The number of hydrogen-bond donors (Lipinski definition) is 2. The SMILES string of the molecule is COc1ccc(N(CC(=O)NN=Cc2cccc(OC)c2O)S(=O)(=O)c2ccccc2[N+](=O)[O-])c(OC)c1. The molecule has 38 heavy (non-hydrogen) atoms. The lowest BCUT2D eigenvalue weighted by Gasteiger charge is -2.25. The third-order valence-electron chi connectivity index (χ3n) is 5.22. The van der Waals surface area contributed by atoms with Crippen LogP contribution >= 0.6 is 0 Å². The van der Waals surface area contributed by atoms with Gasteiger partial charge in [-0.15, -0.1) is 0 Å². The molecule has 0 aliphatic heterocycles. The molecule has 0 aliphatic rings. The highest BCUT2D eigenvalue weighted by atomic mass is 32.2. The minimum absolute atomic E-state index is 0.0316. The van der Waals surface area contributed by atoms with Crippen LogP contribution in [0.15, 0.2) is 70.7 Å². The summed E-state index contributed by atoms with van der Waals surface area (Å²) in [5, 5.41) is 25.5. The van der Waals surface area contributed by atoms with Crippen molar-refractivity contribution < 1.29 is 37.5 Å². The number of methoxy groups -OCH3 is 3. The number of carbonyl (C=O) groups is 1. The molecule has 200 valence electrons. The monoisotopic (exact) mass is 544 g/mol. The number of phenols is 1. The average Bonchev–Trinajstić information content (AvgIpc) is 2.92. The number of aromatic hydroxyl groups is 1. The molecule has 1 amide bonds. The van der Waals surface area contributed by atoms with Gasteiger partial charge in [-0.2, -0.15) is 5.10 Å². The van der Waals surface area contributed by atoms with Crippen LogP contribution in [0.5, 0.6) is 23.0 Å². The zero-order chi connectivity index (χ0) is 27.9. The van der Waals surface area contributed by atoms with Gasteiger partial charge in [-0.3, -0.25) is 19.2 Å². The molecule has 3 rings (SSSR count). The minimum atomic E-state index is -4.67. The summed E-state index contributed by atoms with van der Waals surface area (Å²) in [6, 6.07) is 13.6. The fraction of sp³-hybridized carbons (Fsp3) is 0.167. The number of anilines is 1. The summed E-state index contributed by atoms with van der Waals surface area (Å²) in [5.74, 6) is -0.529. The van der Waals surface area contributed by atoms with Crippen LogP contribution in [0.4, 0.5) is 11.4 Å². The first-order chi connectivity index (χ1) is 18.1. The first kappa shape index (κ1) is 27.7. The van der Waals surface area contributed by atoms with E-state index < -0.39 is 38.0 Å². The Kier molecular flexibility index (Phi) is 8.70. The van der Waals surface area contributed by atoms with Gasteiger partial charge in [0, 0.05) is 17.7 Å². The summed E-state index contributed by atoms with van der Waals surface area (Å²) in [5.41, 5.74) is 1.68. The molecule has 3 aromatic rings. The van der Waals surface area contributed by atoms with Crippen molar-refractivity contribution in [3.05, 3.63) is 76.3 Å². The van der Waals surface area contributed by atoms with E-state index in [1.54, 1.807) is 6.07 Å². The van der Waals surface area contributed by atoms with E-state index in [0.717, 1.165) is 18.3 Å². The second-order valence-corrected chi connectivity index (χ2v) is 9.30. The van der Waals surface area contributed by atoms with Crippen molar-refractivity contribution in [1.82, 2.24) is 5.43 Å². The minimum Gasteiger partial charge on any atom is -0.504 e. The van der Waals surface area contributed by atoms with Gasteiger partial charge in [0.15, 0.2) is 16.4 Å². The van der Waals surface area contributed by atoms with Crippen molar-refractivity contribution in [2.24, 2.45) is 5.10 Å². The Morgan fingerprint density at radius 2 is 1.76 bits per heavy atom. The highest BCUT2D eigenvalue weighted by Crippen LogP contribution is 2.37. The Morgan fingerprint density at radius 1 is 1.05 bits per heavy atom. The molecular formula is C24H24N4O9S. The van der Waals surface area contributed by atoms with Crippen LogP contribution in [0, 0.1) is 10.1 Å². The largest absolute Gasteiger partial charge is 0.504 e. The van der Waals surface area contributed by atoms with Gasteiger partial charge in [0.05, 0.1) is 38.2 Å². The van der Waals surface area contributed by atoms with Crippen molar-refractivity contribution in [2.75, 3.05) is 32.2 Å². The van der Waals surface area contributed by atoms with E-state index in [-0.39, 0.29) is 28.5 Å². The van der Waals surface area contributed by atoms with E-state index in [0.29, 0.717) is 10.1 Å². The van der Waals surface area contributed by atoms with Crippen LogP contribution in [0.25, 0.3) is 0 Å². The third-order valence-corrected chi connectivity index (χ3v) is 7.02. The molecule has 13 nitrogen and oxygen atoms in total. The second kappa shape index (κ2) is 11.9. The Hall–Kier alpha value is -4.85. The van der Waals surface area contributed by atoms with E-state index in [1.807, 2.05) is 0 Å². The molecule has 0 fully saturated rings. The van der Waals surface area contributed by atoms with E-state index in [2.05, 4.69) is 10.5 Å². The maximum atomic E-state index is 13.7. The van der Waals surface area contributed by atoms with Gasteiger partial charge in [0.1, 0.15) is 18.0 Å². The van der Waals surface area contributed by atoms with Crippen molar-refractivity contribution in [1.29, 1.82) is 0 Å². The topological polar surface area (TPSA) is 170 Å². The number of sulfonamides is 1. The van der Waals surface area contributed by atoms with Gasteiger partial charge in [0.2, 0.25) is 0 Å². The highest BCUT2D eigenvalue weighted by molar-refractivity contribution is 7.93. The Balaban J connectivity index is 2.00. The van der Waals surface area contributed by atoms with E-state index >= 15 is 0 Å². The maximum Gasteiger partial charge on any atom is 0.289 e. The number of amides is 1. The molecule has 0 bridgehead atoms. The lowest BCUT2D eigenvalue weighted by atomic mass is 10.2. The zero-order valence-electron chi connectivity index (χ0n) is 20.5. The highest BCUT2D eigenvalue weighted by Gasteiger charge is 2.34. The van der Waals surface area contributed by atoms with Gasteiger partial charge >= 0.3 is 0 Å². The number of nitrogens with zero attached hydrogens (tertiary/aromatic N) is 3. The molecule has 3 aromatic carbocycles. The van der Waals surface area contributed by atoms with Crippen molar-refractivity contribution in [3.8, 4) is 23.0 Å². The molecule has 0 saturated carbocycles. The first-order valence-electron chi connectivity index (χ1n) is 10.8. The molecule has 0 unspecified atom stereocenters. The van der Waals surface area contributed by atoms with Crippen molar-refractivity contribution in [3.63, 3.8) is 0 Å². The lowest BCUT2D eigenvalue weighted by molar-refractivity contribution is -0.387. The lowest BCUT2D eigenvalue weighted by Crippen LogP contribution is -2.40. The molecular weight excluding hydrogens is 520 g/mol. The summed E-state index contributed by atoms with van der Waals surface area (Å²) in [6.07, 6.45) is 1.14. The number of para-hydroxylation sites is 2. The van der Waals surface area contributed by atoms with Gasteiger partial charge < -0.3 is 19.3 Å². The molecule has 0 aliphatic carbocycles. The van der Waals surface area contributed by atoms with Crippen LogP contribution in [0.2, 0.25) is 0 Å². The average molecular weight is 545 g/mol. The van der Waals surface area contributed by atoms with Crippen LogP contribution < -0.4 is 23.9 Å². The maximum absolute atomic E-state index is 13.7. The number of nitro benzene ring substituents is 1. The molecule has 2 N–H and O–H groups in total. The fourth-order valence-corrected chi connectivity index (χ4v) is 4.98. The molecule has 14 heteroatoms. The predicted octanol–water partition coefficient (Wildman–Crippen LogP) is 2.67. The van der Waals surface area contributed by atoms with Gasteiger partial charge in [-0.25, -0.2) is 13.8 Å². The number of rotatable bonds is 11. The number of nitrogens with one attached hydrogen (secondary N) is 1. The Labute approximate surface area is 218 Å². The number of hydrogen-bond acceptors (Lipinski definition) is 10. The summed E-state index contributed by atoms with van der Waals surface area (Å²) in [4.78, 5) is 22.9. The quantitative estimate of drug-likeness (QED) is 0.209. The summed E-state index contributed by atoms with van der Waals surface area (Å²) in [7, 11) is -0.601. The van der Waals surface area contributed by atoms with E-state index in [1.165, 1.54) is 63.8 Å². The number of carbonyl (C=O) groups excluding carboxylic acids is 1. The summed E-state index contributed by atoms with van der Waals surface area (Å²) >= 11 is 0. The third kappa shape index (κ3) is 5.92. The number of phenolic OH excluding ortho intramolecular Hbond substituents is 1. The number of ether oxygens (including phenoxy) is 3. The second-order valence-electron chi connectivity index (χ2n) is 7.47. The molecule has 0 spiro atoms. The van der Waals surface area contributed by atoms with Crippen LogP contribution in [-0.2, 0) is 14.8 Å². The molecule has 0 radical (unpaired) electrons. The predicted molar refractivity (Wildman–Crippen MR) is 138 cm³/mol. The zero-order valence-corrected chi connectivity index (χ0v) is 21.3. The van der Waals surface area contributed by atoms with Gasteiger partial charge in [-0.1, -0.05) is 18.2 Å². The van der Waals surface area contributed by atoms with Gasteiger partial charge in [-0.05, 0) is 30.3 Å². The van der Waals surface area contributed by atoms with E-state index in [9.17, 15) is 28.4 Å². The molecule has 0 saturated heterocycles. The van der Waals surface area contributed by atoms with Crippen LogP contribution in [-0.4, -0.2) is 58.4 Å². The first-order valence-corrected chi connectivity index (χ1v) is 12.2. The Bertz CT molecular complexity index is 1480. The fourth-order valence-electron chi connectivity index (χ4n) is 3.38. The molecule has 0 aromatic heterocycles. The molecule has 0 atom stereocenters.